The molecular formula is C37H32N2O16S4. The van der Waals surface area contributed by atoms with Crippen molar-refractivity contribution in [1.29, 1.82) is 0 Å². The van der Waals surface area contributed by atoms with Crippen LogP contribution in [0.3, 0.4) is 0 Å². The van der Waals surface area contributed by atoms with Crippen molar-refractivity contribution in [3.05, 3.63) is 131 Å². The summed E-state index contributed by atoms with van der Waals surface area (Å²) in [6.07, 6.45) is 5.68. The van der Waals surface area contributed by atoms with Crippen LogP contribution in [0.5, 0.6) is 0 Å². The van der Waals surface area contributed by atoms with E-state index in [-0.39, 0.29) is 43.4 Å². The molecule has 0 aliphatic heterocycles. The summed E-state index contributed by atoms with van der Waals surface area (Å²) in [5.74, 6) is -5.15. The Balaban J connectivity index is 1.57. The van der Waals surface area contributed by atoms with E-state index in [1.54, 1.807) is 0 Å². The first-order valence-electron chi connectivity index (χ1n) is 16.3. The third-order valence-corrected chi connectivity index (χ3v) is 12.8. The van der Waals surface area contributed by atoms with Gasteiger partial charge in [0.2, 0.25) is 0 Å². The summed E-state index contributed by atoms with van der Waals surface area (Å²) >= 11 is 0. The van der Waals surface area contributed by atoms with Gasteiger partial charge in [0, 0.05) is 34.7 Å². The minimum Gasteiger partial charge on any atom is -0.478 e. The van der Waals surface area contributed by atoms with Gasteiger partial charge in [0.05, 0.1) is 28.4 Å². The molecule has 0 bridgehead atoms. The smallest absolute Gasteiger partial charge is 0.330 e. The van der Waals surface area contributed by atoms with E-state index in [0.29, 0.717) is 6.08 Å². The standard InChI is InChI=1S/C37H32N2O16S4/c1-55-35(42)11-5-19-57(47,48)31-9-3-7-27(21-31)37(44)39-29-17-15-25(33(23-29)59(52,53)54)13-12-24-14-16-28(22-32(24)58(49,50)51)38-36(43)26-6-2-8-30(20-26)56(45,46)18-4-10-34(40)41/h2-17,20-23H,18-19H2,1H3,(H,38,43)(H,39,44)(H,40,41)(H,49,50,51)(H,52,53,54). The van der Waals surface area contributed by atoms with E-state index in [4.69, 9.17) is 5.11 Å². The lowest BCUT2D eigenvalue weighted by atomic mass is 10.1. The zero-order chi connectivity index (χ0) is 43.8. The molecule has 4 aromatic carbocycles. The molecule has 0 aliphatic carbocycles. The molecule has 18 nitrogen and oxygen atoms in total. The molecule has 0 radical (unpaired) electrons. The van der Waals surface area contributed by atoms with Gasteiger partial charge in [-0.2, -0.15) is 16.8 Å². The van der Waals surface area contributed by atoms with E-state index in [1.807, 2.05) is 0 Å². The van der Waals surface area contributed by atoms with Gasteiger partial charge in [-0.3, -0.25) is 18.7 Å². The summed E-state index contributed by atoms with van der Waals surface area (Å²) in [5.41, 5.74) is -1.10. The molecule has 0 heterocycles. The highest BCUT2D eigenvalue weighted by atomic mass is 32.2. The predicted molar refractivity (Wildman–Crippen MR) is 212 cm³/mol. The average molecular weight is 889 g/mol. The first-order chi connectivity index (χ1) is 27.5. The second-order valence-corrected chi connectivity index (χ2v) is 18.8. The number of carboxylic acids is 1. The van der Waals surface area contributed by atoms with Crippen LogP contribution in [0.15, 0.2) is 129 Å². The van der Waals surface area contributed by atoms with Crippen LogP contribution < -0.4 is 10.6 Å². The number of carboxylic acid groups (broad SMARTS) is 1. The summed E-state index contributed by atoms with van der Waals surface area (Å²) in [6.45, 7) is 0. The van der Waals surface area contributed by atoms with Crippen LogP contribution in [0.25, 0.3) is 12.2 Å². The summed E-state index contributed by atoms with van der Waals surface area (Å²) in [7, 11) is -16.9. The molecule has 310 valence electrons. The van der Waals surface area contributed by atoms with Crippen LogP contribution in [0.2, 0.25) is 0 Å². The fourth-order valence-electron chi connectivity index (χ4n) is 5.00. The molecule has 0 saturated heterocycles. The summed E-state index contributed by atoms with van der Waals surface area (Å²) in [6, 6.07) is 16.0. The second-order valence-electron chi connectivity index (χ2n) is 12.0. The number of rotatable bonds is 16. The Morgan fingerprint density at radius 2 is 1.00 bits per heavy atom. The van der Waals surface area contributed by atoms with E-state index >= 15 is 0 Å². The number of sulfone groups is 2. The van der Waals surface area contributed by atoms with Crippen LogP contribution in [-0.2, 0) is 54.2 Å². The largest absolute Gasteiger partial charge is 0.478 e. The predicted octanol–water partition coefficient (Wildman–Crippen LogP) is 3.77. The molecule has 5 N–H and O–H groups in total. The fourth-order valence-corrected chi connectivity index (χ4v) is 8.69. The van der Waals surface area contributed by atoms with E-state index in [9.17, 15) is 62.0 Å². The average Bonchev–Trinajstić information content (AvgIpc) is 3.16. The molecule has 0 aromatic heterocycles. The van der Waals surface area contributed by atoms with Gasteiger partial charge in [0.25, 0.3) is 32.1 Å². The quantitative estimate of drug-likeness (QED) is 0.0463. The first-order valence-corrected chi connectivity index (χ1v) is 22.5. The number of hydrogen-bond donors (Lipinski definition) is 5. The molecule has 59 heavy (non-hydrogen) atoms. The van der Waals surface area contributed by atoms with Crippen molar-refractivity contribution >= 4 is 87.2 Å². The summed E-state index contributed by atoms with van der Waals surface area (Å²) in [4.78, 5) is 45.9. The Kier molecular flexibility index (Phi) is 14.3. The number of methoxy groups -OCH3 is 1. The molecular weight excluding hydrogens is 857 g/mol. The Labute approximate surface area is 337 Å². The molecule has 0 unspecified atom stereocenters. The number of nitrogens with one attached hydrogen (secondary N) is 2. The molecule has 0 fully saturated rings. The van der Waals surface area contributed by atoms with E-state index in [0.717, 1.165) is 73.9 Å². The van der Waals surface area contributed by atoms with Gasteiger partial charge in [-0.1, -0.05) is 48.6 Å². The molecule has 4 rings (SSSR count). The number of amides is 2. The number of hydrogen-bond acceptors (Lipinski definition) is 13. The van der Waals surface area contributed by atoms with Gasteiger partial charge in [0.15, 0.2) is 19.7 Å². The number of benzene rings is 4. The summed E-state index contributed by atoms with van der Waals surface area (Å²) < 4.78 is 125. The zero-order valence-electron chi connectivity index (χ0n) is 30.2. The highest BCUT2D eigenvalue weighted by molar-refractivity contribution is 7.92. The van der Waals surface area contributed by atoms with Crippen LogP contribution in [0.4, 0.5) is 11.4 Å². The minimum atomic E-state index is -5.01. The molecule has 4 aromatic rings. The van der Waals surface area contributed by atoms with Gasteiger partial charge in [-0.25, -0.2) is 26.4 Å². The van der Waals surface area contributed by atoms with Crippen LogP contribution >= 0.6 is 0 Å². The van der Waals surface area contributed by atoms with Crippen molar-refractivity contribution in [1.82, 2.24) is 0 Å². The Morgan fingerprint density at radius 3 is 1.37 bits per heavy atom. The molecule has 2 amide bonds. The molecule has 0 spiro atoms. The third-order valence-electron chi connectivity index (χ3n) is 7.80. The third kappa shape index (κ3) is 12.6. The molecule has 0 aliphatic rings. The SMILES string of the molecule is COC(=O)C=CCS(=O)(=O)c1cccc(C(=O)Nc2ccc(C=Cc3ccc(NC(=O)c4cccc(S(=O)(=O)CC=CC(=O)O)c4)cc3S(=O)(=O)O)c(S(=O)(=O)O)c2)c1. The lowest BCUT2D eigenvalue weighted by molar-refractivity contribution is -0.135. The molecule has 0 atom stereocenters. The minimum absolute atomic E-state index is 0.151. The zero-order valence-corrected chi connectivity index (χ0v) is 33.5. The maximum absolute atomic E-state index is 13.0. The van der Waals surface area contributed by atoms with Crippen molar-refractivity contribution in [3.63, 3.8) is 0 Å². The second kappa shape index (κ2) is 18.5. The number of aliphatic carboxylic acids is 1. The van der Waals surface area contributed by atoms with Gasteiger partial charge < -0.3 is 20.5 Å². The van der Waals surface area contributed by atoms with Crippen molar-refractivity contribution in [2.75, 3.05) is 29.2 Å². The first kappa shape index (κ1) is 45.4. The maximum atomic E-state index is 13.0. The molecule has 22 heteroatoms. The van der Waals surface area contributed by atoms with Gasteiger partial charge in [-0.15, -0.1) is 0 Å². The highest BCUT2D eigenvalue weighted by Crippen LogP contribution is 2.27. The maximum Gasteiger partial charge on any atom is 0.330 e. The number of esters is 1. The van der Waals surface area contributed by atoms with E-state index in [1.165, 1.54) is 48.5 Å². The van der Waals surface area contributed by atoms with Crippen LogP contribution in [-0.4, -0.2) is 90.3 Å². The summed E-state index contributed by atoms with van der Waals surface area (Å²) in [5, 5.41) is 13.5. The Hall–Kier alpha value is -6.30. The van der Waals surface area contributed by atoms with E-state index < -0.39 is 85.0 Å². The number of anilines is 2. The van der Waals surface area contributed by atoms with Crippen molar-refractivity contribution in [3.8, 4) is 0 Å². The number of carbonyl (C=O) groups excluding carboxylic acids is 3. The van der Waals surface area contributed by atoms with Gasteiger partial charge in [-0.05, 0) is 71.8 Å². The Bertz CT molecular complexity index is 2880. The normalized spacial score (nSPS) is 12.5. The number of carbonyl (C=O) groups is 4. The topological polar surface area (TPSA) is 299 Å². The molecule has 0 saturated carbocycles. The lowest BCUT2D eigenvalue weighted by Crippen LogP contribution is -2.14. The van der Waals surface area contributed by atoms with Gasteiger partial charge >= 0.3 is 11.9 Å². The fraction of sp³-hybridized carbons (Fsp3) is 0.0811. The highest BCUT2D eigenvalue weighted by Gasteiger charge is 2.21. The lowest BCUT2D eigenvalue weighted by Gasteiger charge is -2.11. The van der Waals surface area contributed by atoms with Crippen molar-refractivity contribution in [2.24, 2.45) is 0 Å². The van der Waals surface area contributed by atoms with Crippen LogP contribution in [0, 0.1) is 0 Å². The Morgan fingerprint density at radius 1 is 0.593 bits per heavy atom. The monoisotopic (exact) mass is 888 g/mol. The van der Waals surface area contributed by atoms with Crippen molar-refractivity contribution in [2.45, 2.75) is 19.6 Å². The van der Waals surface area contributed by atoms with Crippen molar-refractivity contribution < 1.29 is 71.8 Å². The number of ether oxygens (including phenoxy) is 1. The van der Waals surface area contributed by atoms with E-state index in [2.05, 4.69) is 15.4 Å². The van der Waals surface area contributed by atoms with Crippen LogP contribution in [0.1, 0.15) is 31.8 Å². The van der Waals surface area contributed by atoms with Gasteiger partial charge in [0.1, 0.15) is 9.79 Å².